The average molecular weight is 264 g/mol. The second kappa shape index (κ2) is 6.70. The Morgan fingerprint density at radius 2 is 2.00 bits per heavy atom. The van der Waals surface area contributed by atoms with Crippen LogP contribution in [0, 0.1) is 0 Å². The lowest BCUT2D eigenvalue weighted by Gasteiger charge is -2.27. The van der Waals surface area contributed by atoms with Gasteiger partial charge in [-0.1, -0.05) is 12.8 Å². The number of carbonyl (C=O) groups is 2. The standard InChI is InChI=1S/C10H20N2O4S/c1-10(2,3)16-9(15)12(17)7(8(11)14)5-4-6-13/h7,13,17H,4-6H2,1-3H3,(H2,11,14). The Bertz CT molecular complexity index is 278. The van der Waals surface area contributed by atoms with Crippen LogP contribution in [0.25, 0.3) is 0 Å². The van der Waals surface area contributed by atoms with Crippen LogP contribution in [0.5, 0.6) is 0 Å². The SMILES string of the molecule is CC(C)(C)OC(=O)N(S)C(CCCO)C(N)=O. The van der Waals surface area contributed by atoms with Crippen LogP contribution in [0.15, 0.2) is 0 Å². The molecule has 7 heteroatoms. The molecule has 17 heavy (non-hydrogen) atoms. The molecule has 1 atom stereocenters. The Morgan fingerprint density at radius 3 is 2.35 bits per heavy atom. The Kier molecular flexibility index (Phi) is 6.33. The molecule has 0 radical (unpaired) electrons. The van der Waals surface area contributed by atoms with Gasteiger partial charge < -0.3 is 15.6 Å². The molecule has 0 heterocycles. The second-order valence-corrected chi connectivity index (χ2v) is 5.04. The van der Waals surface area contributed by atoms with Crippen LogP contribution in [-0.4, -0.2) is 39.7 Å². The van der Waals surface area contributed by atoms with Gasteiger partial charge in [-0.25, -0.2) is 9.10 Å². The number of thiol groups is 1. The van der Waals surface area contributed by atoms with E-state index in [9.17, 15) is 9.59 Å². The highest BCUT2D eigenvalue weighted by Gasteiger charge is 2.29. The van der Waals surface area contributed by atoms with Crippen LogP contribution in [-0.2, 0) is 9.53 Å². The first-order valence-corrected chi connectivity index (χ1v) is 5.70. The van der Waals surface area contributed by atoms with Crippen molar-refractivity contribution in [2.75, 3.05) is 6.61 Å². The highest BCUT2D eigenvalue weighted by molar-refractivity contribution is 7.78. The molecule has 0 bridgehead atoms. The number of primary amides is 1. The van der Waals surface area contributed by atoms with E-state index in [2.05, 4.69) is 12.8 Å². The van der Waals surface area contributed by atoms with E-state index in [1.54, 1.807) is 20.8 Å². The van der Waals surface area contributed by atoms with Crippen molar-refractivity contribution >= 4 is 24.8 Å². The molecule has 3 N–H and O–H groups in total. The molecule has 1 unspecified atom stereocenters. The molecule has 0 aromatic heterocycles. The lowest BCUT2D eigenvalue weighted by molar-refractivity contribution is -0.121. The van der Waals surface area contributed by atoms with Gasteiger partial charge in [0.15, 0.2) is 0 Å². The fraction of sp³-hybridized carbons (Fsp3) is 0.800. The lowest BCUT2D eigenvalue weighted by atomic mass is 10.1. The quantitative estimate of drug-likeness (QED) is 0.637. The molecule has 0 rings (SSSR count). The van der Waals surface area contributed by atoms with Gasteiger partial charge in [0.25, 0.3) is 0 Å². The maximum Gasteiger partial charge on any atom is 0.420 e. The van der Waals surface area contributed by atoms with Crippen molar-refractivity contribution < 1.29 is 19.4 Å². The van der Waals surface area contributed by atoms with Gasteiger partial charge in [-0.15, -0.1) is 0 Å². The van der Waals surface area contributed by atoms with E-state index in [0.29, 0.717) is 6.42 Å². The molecule has 6 nitrogen and oxygen atoms in total. The minimum atomic E-state index is -0.889. The summed E-state index contributed by atoms with van der Waals surface area (Å²) >= 11 is 3.92. The Hall–Kier alpha value is -0.950. The van der Waals surface area contributed by atoms with Gasteiger partial charge in [-0.3, -0.25) is 4.79 Å². The summed E-state index contributed by atoms with van der Waals surface area (Å²) in [6.07, 6.45) is -0.134. The first-order chi connectivity index (χ1) is 7.69. The third-order valence-electron chi connectivity index (χ3n) is 1.84. The molecular formula is C10H20N2O4S. The summed E-state index contributed by atoms with van der Waals surface area (Å²) in [6.45, 7) is 5.04. The Morgan fingerprint density at radius 1 is 1.47 bits per heavy atom. The summed E-state index contributed by atoms with van der Waals surface area (Å²) in [5, 5.41) is 8.69. The fourth-order valence-electron chi connectivity index (χ4n) is 1.11. The van der Waals surface area contributed by atoms with Crippen molar-refractivity contribution in [2.24, 2.45) is 5.73 Å². The van der Waals surface area contributed by atoms with E-state index in [4.69, 9.17) is 15.6 Å². The molecular weight excluding hydrogens is 244 g/mol. The third-order valence-corrected chi connectivity index (χ3v) is 2.28. The number of amides is 2. The van der Waals surface area contributed by atoms with Crippen molar-refractivity contribution in [1.82, 2.24) is 4.31 Å². The van der Waals surface area contributed by atoms with Gasteiger partial charge in [-0.2, -0.15) is 0 Å². The number of aliphatic hydroxyl groups is 1. The largest absolute Gasteiger partial charge is 0.443 e. The van der Waals surface area contributed by atoms with Crippen LogP contribution in [0.3, 0.4) is 0 Å². The van der Waals surface area contributed by atoms with Crippen molar-refractivity contribution in [3.05, 3.63) is 0 Å². The second-order valence-electron chi connectivity index (χ2n) is 4.61. The number of aliphatic hydroxyl groups excluding tert-OH is 1. The fourth-order valence-corrected chi connectivity index (χ4v) is 1.38. The number of hydrogen-bond acceptors (Lipinski definition) is 5. The zero-order chi connectivity index (χ0) is 13.6. The molecule has 0 aliphatic rings. The van der Waals surface area contributed by atoms with Gasteiger partial charge in [0.2, 0.25) is 5.91 Å². The van der Waals surface area contributed by atoms with E-state index in [-0.39, 0.29) is 13.0 Å². The van der Waals surface area contributed by atoms with E-state index in [0.717, 1.165) is 4.31 Å². The molecule has 2 amide bonds. The molecule has 0 aliphatic carbocycles. The van der Waals surface area contributed by atoms with Crippen LogP contribution < -0.4 is 5.73 Å². The van der Waals surface area contributed by atoms with E-state index >= 15 is 0 Å². The van der Waals surface area contributed by atoms with Gasteiger partial charge >= 0.3 is 6.09 Å². The maximum atomic E-state index is 11.6. The number of nitrogens with two attached hydrogens (primary N) is 1. The summed E-state index contributed by atoms with van der Waals surface area (Å²) < 4.78 is 5.92. The minimum absolute atomic E-state index is 0.0836. The predicted octanol–water partition coefficient (Wildman–Crippen LogP) is 0.695. The summed E-state index contributed by atoms with van der Waals surface area (Å²) in [6, 6.07) is -0.889. The number of hydrogen-bond donors (Lipinski definition) is 3. The third kappa shape index (κ3) is 6.38. The molecule has 0 fully saturated rings. The maximum absolute atomic E-state index is 11.6. The first-order valence-electron chi connectivity index (χ1n) is 5.30. The van der Waals surface area contributed by atoms with Crippen LogP contribution in [0.1, 0.15) is 33.6 Å². The molecule has 0 aromatic carbocycles. The normalized spacial score (nSPS) is 13.0. The predicted molar refractivity (Wildman–Crippen MR) is 66.4 cm³/mol. The van der Waals surface area contributed by atoms with Crippen molar-refractivity contribution in [2.45, 2.75) is 45.3 Å². The van der Waals surface area contributed by atoms with E-state index in [1.807, 2.05) is 0 Å². The zero-order valence-corrected chi connectivity index (χ0v) is 11.2. The summed E-state index contributed by atoms with van der Waals surface area (Å²) in [5.41, 5.74) is 4.49. The number of nitrogens with zero attached hydrogens (tertiary/aromatic N) is 1. The van der Waals surface area contributed by atoms with E-state index in [1.165, 1.54) is 0 Å². The highest BCUT2D eigenvalue weighted by Crippen LogP contribution is 2.16. The minimum Gasteiger partial charge on any atom is -0.443 e. The van der Waals surface area contributed by atoms with Crippen molar-refractivity contribution in [3.63, 3.8) is 0 Å². The summed E-state index contributed by atoms with van der Waals surface area (Å²) in [4.78, 5) is 22.8. The Labute approximate surface area is 107 Å². The monoisotopic (exact) mass is 264 g/mol. The molecule has 0 saturated carbocycles. The molecule has 100 valence electrons. The van der Waals surface area contributed by atoms with Gasteiger partial charge in [0.05, 0.1) is 0 Å². The van der Waals surface area contributed by atoms with Gasteiger partial charge in [-0.05, 0) is 33.6 Å². The van der Waals surface area contributed by atoms with Crippen molar-refractivity contribution in [1.29, 1.82) is 0 Å². The molecule has 0 saturated heterocycles. The van der Waals surface area contributed by atoms with Crippen LogP contribution >= 0.6 is 12.8 Å². The Balaban J connectivity index is 4.55. The van der Waals surface area contributed by atoms with Crippen molar-refractivity contribution in [3.8, 4) is 0 Å². The van der Waals surface area contributed by atoms with Crippen LogP contribution in [0.2, 0.25) is 0 Å². The summed E-state index contributed by atoms with van der Waals surface area (Å²) in [5.74, 6) is -0.681. The zero-order valence-electron chi connectivity index (χ0n) is 10.3. The van der Waals surface area contributed by atoms with Crippen LogP contribution in [0.4, 0.5) is 4.79 Å². The topological polar surface area (TPSA) is 92.9 Å². The lowest BCUT2D eigenvalue weighted by Crippen LogP contribution is -2.44. The number of rotatable bonds is 5. The van der Waals surface area contributed by atoms with Gasteiger partial charge in [0.1, 0.15) is 11.6 Å². The average Bonchev–Trinajstić information content (AvgIpc) is 2.14. The number of carbonyl (C=O) groups excluding carboxylic acids is 2. The molecule has 0 aliphatic heterocycles. The van der Waals surface area contributed by atoms with E-state index < -0.39 is 23.6 Å². The summed E-state index contributed by atoms with van der Waals surface area (Å²) in [7, 11) is 0. The molecule has 0 spiro atoms. The molecule has 0 aromatic rings. The van der Waals surface area contributed by atoms with Gasteiger partial charge in [0, 0.05) is 6.61 Å². The first kappa shape index (κ1) is 16.1. The smallest absolute Gasteiger partial charge is 0.420 e. The number of ether oxygens (including phenoxy) is 1. The highest BCUT2D eigenvalue weighted by atomic mass is 32.1.